The zero-order chi connectivity index (χ0) is 37.8. The van der Waals surface area contributed by atoms with E-state index in [-0.39, 0.29) is 24.0 Å². The third-order valence-electron chi connectivity index (χ3n) is 11.0. The summed E-state index contributed by atoms with van der Waals surface area (Å²) < 4.78 is 47.5. The number of benzene rings is 3. The topological polar surface area (TPSA) is 99.0 Å². The quantitative estimate of drug-likeness (QED) is 0.116. The van der Waals surface area contributed by atoms with Crippen molar-refractivity contribution < 1.29 is 32.6 Å². The zero-order valence-electron chi connectivity index (χ0n) is 30.9. The number of halogens is 2. The highest BCUT2D eigenvalue weighted by atomic mass is 19.1. The second-order valence-corrected chi connectivity index (χ2v) is 14.3. The normalized spacial score (nSPS) is 18.0. The molecule has 0 aliphatic carbocycles. The maximum atomic E-state index is 15.1. The highest BCUT2D eigenvalue weighted by molar-refractivity contribution is 5.98. The van der Waals surface area contributed by atoms with E-state index < -0.39 is 17.0 Å². The number of carbonyl (C=O) groups is 2. The summed E-state index contributed by atoms with van der Waals surface area (Å²) in [5, 5.41) is 0. The van der Waals surface area contributed by atoms with Gasteiger partial charge in [-0.1, -0.05) is 24.3 Å². The Bertz CT molecular complexity index is 2110. The van der Waals surface area contributed by atoms with Crippen molar-refractivity contribution in [3.05, 3.63) is 113 Å². The summed E-state index contributed by atoms with van der Waals surface area (Å²) in [4.78, 5) is 41.8. The Labute approximate surface area is 313 Å². The molecule has 10 nitrogen and oxygen atoms in total. The molecule has 0 radical (unpaired) electrons. The Kier molecular flexibility index (Phi) is 10.9. The van der Waals surface area contributed by atoms with Gasteiger partial charge in [-0.15, -0.1) is 0 Å². The van der Waals surface area contributed by atoms with E-state index in [1.54, 1.807) is 25.3 Å². The fourth-order valence-corrected chi connectivity index (χ4v) is 8.06. The molecule has 2 fully saturated rings. The average molecular weight is 738 g/mol. The molecule has 12 heteroatoms. The number of methoxy groups -OCH3 is 3. The highest BCUT2D eigenvalue weighted by Crippen LogP contribution is 2.43. The first kappa shape index (κ1) is 37.0. The number of ether oxygens (including phenoxy) is 3. The van der Waals surface area contributed by atoms with Crippen LogP contribution in [-0.2, 0) is 24.3 Å². The fourth-order valence-electron chi connectivity index (χ4n) is 8.06. The molecule has 54 heavy (non-hydrogen) atoms. The van der Waals surface area contributed by atoms with Gasteiger partial charge in [-0.25, -0.2) is 13.8 Å². The first-order chi connectivity index (χ1) is 26.2. The minimum absolute atomic E-state index is 0.0263. The number of imidazole rings is 1. The second-order valence-electron chi connectivity index (χ2n) is 14.3. The average Bonchev–Trinajstić information content (AvgIpc) is 3.71. The van der Waals surface area contributed by atoms with Gasteiger partial charge in [-0.2, -0.15) is 0 Å². The molecule has 7 rings (SSSR count). The van der Waals surface area contributed by atoms with E-state index in [1.165, 1.54) is 19.2 Å². The van der Waals surface area contributed by atoms with Crippen LogP contribution in [0.3, 0.4) is 0 Å². The molecule has 0 bridgehead atoms. The summed E-state index contributed by atoms with van der Waals surface area (Å²) in [6, 6.07) is 20.7. The van der Waals surface area contributed by atoms with Crippen LogP contribution in [0.1, 0.15) is 53.1 Å². The third kappa shape index (κ3) is 7.52. The maximum absolute atomic E-state index is 15.1. The molecule has 2 aromatic heterocycles. The number of rotatable bonds is 14. The van der Waals surface area contributed by atoms with Crippen molar-refractivity contribution in [3.63, 3.8) is 0 Å². The molecule has 2 saturated heterocycles. The summed E-state index contributed by atoms with van der Waals surface area (Å²) in [5.41, 5.74) is 2.76. The van der Waals surface area contributed by atoms with Crippen LogP contribution in [0.15, 0.2) is 79.0 Å². The lowest BCUT2D eigenvalue weighted by Gasteiger charge is -2.35. The van der Waals surface area contributed by atoms with Crippen molar-refractivity contribution >= 4 is 22.7 Å². The molecule has 0 N–H and O–H groups in total. The van der Waals surface area contributed by atoms with Gasteiger partial charge in [0, 0.05) is 31.3 Å². The molecule has 1 unspecified atom stereocenters. The number of aromatic nitrogens is 3. The van der Waals surface area contributed by atoms with Crippen LogP contribution in [0.2, 0.25) is 0 Å². The van der Waals surface area contributed by atoms with Crippen molar-refractivity contribution in [1.29, 1.82) is 0 Å². The summed E-state index contributed by atoms with van der Waals surface area (Å²) in [5.74, 6) is 0.349. The van der Waals surface area contributed by atoms with Crippen LogP contribution in [-0.4, -0.2) is 83.5 Å². The summed E-state index contributed by atoms with van der Waals surface area (Å²) >= 11 is 0. The van der Waals surface area contributed by atoms with E-state index in [4.69, 9.17) is 19.2 Å². The molecule has 0 saturated carbocycles. The van der Waals surface area contributed by atoms with Crippen molar-refractivity contribution in [1.82, 2.24) is 24.3 Å². The van der Waals surface area contributed by atoms with Crippen molar-refractivity contribution in [2.24, 2.45) is 11.3 Å². The minimum atomic E-state index is -0.887. The van der Waals surface area contributed by atoms with Gasteiger partial charge < -0.3 is 28.6 Å². The minimum Gasteiger partial charge on any atom is -0.493 e. The van der Waals surface area contributed by atoms with Crippen molar-refractivity contribution in [3.8, 4) is 17.2 Å². The summed E-state index contributed by atoms with van der Waals surface area (Å²) in [6.07, 6.45) is 4.24. The molecular weight excluding hydrogens is 692 g/mol. The van der Waals surface area contributed by atoms with Crippen molar-refractivity contribution in [2.45, 2.75) is 45.2 Å². The number of fused-ring (bicyclic) bond motifs is 1. The monoisotopic (exact) mass is 737 g/mol. The van der Waals surface area contributed by atoms with Gasteiger partial charge in [-0.3, -0.25) is 14.6 Å². The van der Waals surface area contributed by atoms with Crippen molar-refractivity contribution in [2.75, 3.05) is 47.5 Å². The van der Waals surface area contributed by atoms with Crippen LogP contribution >= 0.6 is 0 Å². The van der Waals surface area contributed by atoms with Gasteiger partial charge in [0.25, 0.3) is 0 Å². The first-order valence-electron chi connectivity index (χ1n) is 18.4. The lowest BCUT2D eigenvalue weighted by Crippen LogP contribution is -2.42. The van der Waals surface area contributed by atoms with E-state index >= 15 is 4.39 Å². The van der Waals surface area contributed by atoms with Gasteiger partial charge in [-0.05, 0) is 105 Å². The second kappa shape index (κ2) is 15.9. The van der Waals surface area contributed by atoms with Gasteiger partial charge >= 0.3 is 0 Å². The number of likely N-dealkylation sites (tertiary alicyclic amines) is 2. The molecule has 2 aliphatic heterocycles. The molecule has 282 valence electrons. The predicted octanol–water partition coefficient (Wildman–Crippen LogP) is 6.73. The molecule has 3 aromatic carbocycles. The number of carbonyl (C=O) groups excluding carboxylic acids is 2. The highest BCUT2D eigenvalue weighted by Gasteiger charge is 2.47. The lowest BCUT2D eigenvalue weighted by atomic mass is 9.76. The van der Waals surface area contributed by atoms with Crippen LogP contribution in [0.25, 0.3) is 11.0 Å². The smallest absolute Gasteiger partial charge is 0.229 e. The van der Waals surface area contributed by atoms with Crippen LogP contribution in [0.4, 0.5) is 8.78 Å². The molecule has 1 amide bonds. The van der Waals surface area contributed by atoms with E-state index in [2.05, 4.69) is 9.88 Å². The number of amides is 1. The Balaban J connectivity index is 1.06. The summed E-state index contributed by atoms with van der Waals surface area (Å²) in [6.45, 7) is 3.20. The van der Waals surface area contributed by atoms with Gasteiger partial charge in [0.1, 0.15) is 11.6 Å². The van der Waals surface area contributed by atoms with Crippen LogP contribution in [0, 0.1) is 23.0 Å². The van der Waals surface area contributed by atoms with Crippen LogP contribution in [0.5, 0.6) is 17.2 Å². The van der Waals surface area contributed by atoms with Gasteiger partial charge in [0.2, 0.25) is 17.4 Å². The maximum Gasteiger partial charge on any atom is 0.229 e. The molecular formula is C42H45F2N5O5. The Morgan fingerprint density at radius 3 is 2.31 bits per heavy atom. The molecule has 0 spiro atoms. The van der Waals surface area contributed by atoms with E-state index in [0.717, 1.165) is 28.4 Å². The standard InChI is InChI=1S/C42H45F2N5O5/c1-52-36-22-28(23-37(53-2)39(36)54-3)26-48-21-16-42(41(48)51,25-30-11-12-31(43)24-33(30)44)15-20-47-18-13-29(14-19-47)38(50)40-46-34-9-4-5-10-35(34)49(40)27-32-8-6-7-17-45-32/h4-12,17,22-24,29H,13-16,18-21,25-27H2,1-3H3. The van der Waals surface area contributed by atoms with Gasteiger partial charge in [0.05, 0.1) is 50.0 Å². The number of piperidine rings is 1. The number of para-hydroxylation sites is 2. The Morgan fingerprint density at radius 2 is 1.63 bits per heavy atom. The Hall–Kier alpha value is -5.36. The molecule has 5 aromatic rings. The largest absolute Gasteiger partial charge is 0.493 e. The van der Waals surface area contributed by atoms with E-state index in [1.807, 2.05) is 59.2 Å². The van der Waals surface area contributed by atoms with E-state index in [0.29, 0.717) is 93.6 Å². The zero-order valence-corrected chi connectivity index (χ0v) is 30.9. The lowest BCUT2D eigenvalue weighted by molar-refractivity contribution is -0.137. The molecule has 2 aliphatic rings. The molecule has 4 heterocycles. The summed E-state index contributed by atoms with van der Waals surface area (Å²) in [7, 11) is 4.63. The van der Waals surface area contributed by atoms with Crippen LogP contribution < -0.4 is 14.2 Å². The number of hydrogen-bond donors (Lipinski definition) is 0. The number of ketones is 1. The SMILES string of the molecule is COc1cc(CN2CCC(CCN3CCC(C(=O)c4nc5ccccc5n4Cc4ccccn4)CC3)(Cc3ccc(F)cc3F)C2=O)cc(OC)c1OC. The Morgan fingerprint density at radius 1 is 0.889 bits per heavy atom. The van der Waals surface area contributed by atoms with E-state index in [9.17, 15) is 14.0 Å². The number of nitrogens with zero attached hydrogens (tertiary/aromatic N) is 5. The molecule has 1 atom stereocenters. The first-order valence-corrected chi connectivity index (χ1v) is 18.4. The van der Waals surface area contributed by atoms with Gasteiger partial charge in [0.15, 0.2) is 17.3 Å². The number of pyridine rings is 1. The fraction of sp³-hybridized carbons (Fsp3) is 0.381. The predicted molar refractivity (Wildman–Crippen MR) is 200 cm³/mol. The third-order valence-corrected chi connectivity index (χ3v) is 11.0. The number of hydrogen-bond acceptors (Lipinski definition) is 8. The number of Topliss-reactive ketones (excluding diaryl/α,β-unsaturated/α-hetero) is 1.